The quantitative estimate of drug-likeness (QED) is 0.0898. The molecule has 4 aromatic rings. The maximum Gasteiger partial charge on any atom is 0.326 e. The van der Waals surface area contributed by atoms with Crippen LogP contribution in [0, 0.1) is 11.8 Å². The van der Waals surface area contributed by atoms with Crippen LogP contribution in [0.5, 0.6) is 0 Å². The predicted octanol–water partition coefficient (Wildman–Crippen LogP) is 8.30. The second-order valence-corrected chi connectivity index (χ2v) is 15.1. The van der Waals surface area contributed by atoms with E-state index in [-0.39, 0.29) is 87.9 Å². The van der Waals surface area contributed by atoms with E-state index in [2.05, 4.69) is 0 Å². The molecule has 328 valence electrons. The summed E-state index contributed by atoms with van der Waals surface area (Å²) >= 11 is 0. The number of hydrogen-bond donors (Lipinski definition) is 0. The van der Waals surface area contributed by atoms with Crippen LogP contribution in [0.2, 0.25) is 0 Å². The van der Waals surface area contributed by atoms with Crippen LogP contribution < -0.4 is 11.1 Å². The van der Waals surface area contributed by atoms with Crippen LogP contribution in [0.4, 0.5) is 0 Å². The number of aryl methyl sites for hydroxylation is 2. The van der Waals surface area contributed by atoms with Gasteiger partial charge in [-0.2, -0.15) is 0 Å². The molecule has 12 nitrogen and oxygen atoms in total. The number of nitrogens with zero attached hydrogens (tertiary/aromatic N) is 2. The molecular formula is C48H66N2O10. The molecule has 0 bridgehead atoms. The lowest BCUT2D eigenvalue weighted by molar-refractivity contribution is -0.144. The Balaban J connectivity index is 0.000000310. The van der Waals surface area contributed by atoms with Crippen molar-refractivity contribution in [2.75, 3.05) is 27.4 Å². The molecule has 2 aliphatic carbocycles. The smallest absolute Gasteiger partial charge is 0.326 e. The first-order valence-electron chi connectivity index (χ1n) is 20.7. The lowest BCUT2D eigenvalue weighted by Gasteiger charge is -2.26. The number of aromatic nitrogens is 2. The Labute approximate surface area is 354 Å². The third kappa shape index (κ3) is 11.7. The molecule has 0 N–H and O–H groups in total. The third-order valence-electron chi connectivity index (χ3n) is 11.6. The maximum atomic E-state index is 13.0. The van der Waals surface area contributed by atoms with Crippen LogP contribution in [-0.2, 0) is 54.5 Å². The van der Waals surface area contributed by atoms with Crippen molar-refractivity contribution in [3.63, 3.8) is 0 Å². The Kier molecular flexibility index (Phi) is 19.1. The van der Waals surface area contributed by atoms with Crippen molar-refractivity contribution >= 4 is 45.3 Å². The minimum atomic E-state index is -0.445. The summed E-state index contributed by atoms with van der Waals surface area (Å²) in [5, 5.41) is 1.59. The molecule has 0 unspecified atom stereocenters. The van der Waals surface area contributed by atoms with Gasteiger partial charge in [0.15, 0.2) is 11.6 Å². The van der Waals surface area contributed by atoms with Crippen molar-refractivity contribution in [3.8, 4) is 0 Å². The Hall–Kier alpha value is -4.94. The van der Waals surface area contributed by atoms with E-state index in [1.54, 1.807) is 52.3 Å². The van der Waals surface area contributed by atoms with Crippen molar-refractivity contribution < 1.29 is 38.1 Å². The van der Waals surface area contributed by atoms with Crippen molar-refractivity contribution in [2.24, 2.45) is 11.8 Å². The molecule has 2 saturated carbocycles. The molecule has 0 spiro atoms. The molecule has 0 radical (unpaired) electrons. The van der Waals surface area contributed by atoms with Gasteiger partial charge in [0.2, 0.25) is 0 Å². The number of pyridine rings is 2. The van der Waals surface area contributed by atoms with E-state index in [0.717, 1.165) is 62.1 Å². The van der Waals surface area contributed by atoms with Gasteiger partial charge in [-0.3, -0.25) is 37.9 Å². The maximum absolute atomic E-state index is 13.0. The van der Waals surface area contributed by atoms with Crippen molar-refractivity contribution in [2.45, 2.75) is 132 Å². The van der Waals surface area contributed by atoms with Gasteiger partial charge in [-0.15, -0.1) is 0 Å². The van der Waals surface area contributed by atoms with Gasteiger partial charge in [-0.05, 0) is 137 Å². The summed E-state index contributed by atoms with van der Waals surface area (Å²) in [7, 11) is 3.44. The van der Waals surface area contributed by atoms with E-state index in [1.807, 2.05) is 38.1 Å². The molecule has 12 heteroatoms. The molecule has 2 aromatic heterocycles. The summed E-state index contributed by atoms with van der Waals surface area (Å²) in [5.74, 6) is -0.589. The van der Waals surface area contributed by atoms with Gasteiger partial charge < -0.3 is 18.9 Å². The highest BCUT2D eigenvalue weighted by atomic mass is 16.5. The first-order valence-corrected chi connectivity index (χ1v) is 20.7. The van der Waals surface area contributed by atoms with Gasteiger partial charge in [0.25, 0.3) is 11.1 Å². The lowest BCUT2D eigenvalue weighted by Crippen LogP contribution is -2.28. The van der Waals surface area contributed by atoms with Crippen LogP contribution in [0.1, 0.15) is 126 Å². The number of ether oxygens (including phenoxy) is 4. The SMILES string of the molecule is C.C.CCOC(=O)Cn1c(=O)c(CC)cc2cc(C(=O)C3CCC(OC)CC3)ccc21.CCOC(=O)Cn1c(=O)c(CC)cc2cc(C(=O)C3CCC(OC)CC3)ccc21. The summed E-state index contributed by atoms with van der Waals surface area (Å²) in [6.45, 7) is 7.54. The van der Waals surface area contributed by atoms with Gasteiger partial charge in [-0.25, -0.2) is 0 Å². The van der Waals surface area contributed by atoms with Crippen LogP contribution in [0.3, 0.4) is 0 Å². The summed E-state index contributed by atoms with van der Waals surface area (Å²) in [5.41, 5.74) is 3.44. The normalized spacial score (nSPS) is 18.6. The average molecular weight is 831 g/mol. The fraction of sp³-hybridized carbons (Fsp3) is 0.542. The second-order valence-electron chi connectivity index (χ2n) is 15.1. The van der Waals surface area contributed by atoms with E-state index in [9.17, 15) is 28.8 Å². The van der Waals surface area contributed by atoms with Crippen molar-refractivity contribution in [1.29, 1.82) is 0 Å². The first-order chi connectivity index (χ1) is 28.0. The number of carbonyl (C=O) groups excluding carboxylic acids is 4. The number of hydrogen-bond acceptors (Lipinski definition) is 10. The summed E-state index contributed by atoms with van der Waals surface area (Å²) in [6.07, 6.45) is 8.54. The molecule has 0 saturated heterocycles. The molecule has 2 aliphatic rings. The number of esters is 2. The van der Waals surface area contributed by atoms with Crippen molar-refractivity contribution in [3.05, 3.63) is 91.5 Å². The molecule has 0 amide bonds. The number of rotatable bonds is 14. The van der Waals surface area contributed by atoms with E-state index >= 15 is 0 Å². The highest BCUT2D eigenvalue weighted by Crippen LogP contribution is 2.31. The standard InChI is InChI=1S/2C23H29NO5.2CH4/c2*1-4-15-12-18-13-17(22(26)16-6-9-19(28-3)10-7-16)8-11-20(18)24(23(15)27)14-21(25)29-5-2;;/h2*8,11-13,16,19H,4-7,9-10,14H2,1-3H3;2*1H4. The Morgan fingerprint density at radius 2 is 0.900 bits per heavy atom. The van der Waals surface area contributed by atoms with E-state index < -0.39 is 11.9 Å². The van der Waals surface area contributed by atoms with Crippen LogP contribution >= 0.6 is 0 Å². The number of methoxy groups -OCH3 is 2. The molecule has 0 atom stereocenters. The van der Waals surface area contributed by atoms with E-state index in [4.69, 9.17) is 18.9 Å². The van der Waals surface area contributed by atoms with Gasteiger partial charge in [0.05, 0.1) is 36.5 Å². The van der Waals surface area contributed by atoms with Gasteiger partial charge >= 0.3 is 11.9 Å². The third-order valence-corrected chi connectivity index (χ3v) is 11.6. The van der Waals surface area contributed by atoms with Crippen LogP contribution in [-0.4, -0.2) is 72.3 Å². The van der Waals surface area contributed by atoms with E-state index in [0.29, 0.717) is 46.1 Å². The predicted molar refractivity (Wildman–Crippen MR) is 236 cm³/mol. The molecule has 2 fully saturated rings. The highest BCUT2D eigenvalue weighted by molar-refractivity contribution is 6.02. The zero-order chi connectivity index (χ0) is 41.9. The van der Waals surface area contributed by atoms with Crippen LogP contribution in [0.25, 0.3) is 21.8 Å². The number of ketones is 2. The molecular weight excluding hydrogens is 765 g/mol. The molecule has 60 heavy (non-hydrogen) atoms. The van der Waals surface area contributed by atoms with Gasteiger partial charge in [0, 0.05) is 48.3 Å². The topological polar surface area (TPSA) is 149 Å². The first kappa shape index (κ1) is 49.4. The monoisotopic (exact) mass is 830 g/mol. The zero-order valence-corrected chi connectivity index (χ0v) is 34.8. The molecule has 2 heterocycles. The lowest BCUT2D eigenvalue weighted by atomic mass is 9.82. The fourth-order valence-corrected chi connectivity index (χ4v) is 8.29. The average Bonchev–Trinajstić information content (AvgIpc) is 3.25. The zero-order valence-electron chi connectivity index (χ0n) is 34.8. The summed E-state index contributed by atoms with van der Waals surface area (Å²) < 4.78 is 23.7. The van der Waals surface area contributed by atoms with Gasteiger partial charge in [-0.1, -0.05) is 28.7 Å². The number of Topliss-reactive ketones (excluding diaryl/α,β-unsaturated/α-hetero) is 2. The van der Waals surface area contributed by atoms with E-state index in [1.165, 1.54) is 9.13 Å². The Bertz CT molecular complexity index is 2070. The summed E-state index contributed by atoms with van der Waals surface area (Å²) in [6, 6.07) is 14.4. The number of benzene rings is 2. The summed E-state index contributed by atoms with van der Waals surface area (Å²) in [4.78, 5) is 75.5. The molecule has 0 aliphatic heterocycles. The second kappa shape index (κ2) is 23.2. The number of fused-ring (bicyclic) bond motifs is 2. The fourth-order valence-electron chi connectivity index (χ4n) is 8.29. The largest absolute Gasteiger partial charge is 0.465 e. The number of carbonyl (C=O) groups is 4. The minimum absolute atomic E-state index is 0. The Morgan fingerprint density at radius 1 is 0.550 bits per heavy atom. The highest BCUT2D eigenvalue weighted by Gasteiger charge is 2.29. The Morgan fingerprint density at radius 3 is 1.20 bits per heavy atom. The minimum Gasteiger partial charge on any atom is -0.465 e. The van der Waals surface area contributed by atoms with Gasteiger partial charge in [0.1, 0.15) is 13.1 Å². The van der Waals surface area contributed by atoms with Crippen molar-refractivity contribution in [1.82, 2.24) is 9.13 Å². The molecule has 6 rings (SSSR count). The molecule has 2 aromatic carbocycles. The van der Waals surface area contributed by atoms with Crippen LogP contribution in [0.15, 0.2) is 58.1 Å².